The lowest BCUT2D eigenvalue weighted by atomic mass is 10.1. The molecule has 17 heavy (non-hydrogen) atoms. The Balaban J connectivity index is 2.57. The van der Waals surface area contributed by atoms with Gasteiger partial charge in [-0.3, -0.25) is 9.59 Å². The number of carboxylic acids is 2. The van der Waals surface area contributed by atoms with Crippen molar-refractivity contribution in [3.8, 4) is 0 Å². The van der Waals surface area contributed by atoms with Crippen molar-refractivity contribution >= 4 is 17.8 Å². The summed E-state index contributed by atoms with van der Waals surface area (Å²) in [5, 5.41) is 19.4. The predicted octanol–water partition coefficient (Wildman–Crippen LogP) is 0.589. The number of carbonyl (C=O) groups is 3. The molecule has 90 valence electrons. The molecule has 0 heterocycles. The van der Waals surface area contributed by atoms with Crippen molar-refractivity contribution in [3.63, 3.8) is 0 Å². The van der Waals surface area contributed by atoms with Crippen LogP contribution in [0, 0.1) is 0 Å². The molecule has 0 unspecified atom stereocenters. The van der Waals surface area contributed by atoms with Crippen LogP contribution in [0.2, 0.25) is 0 Å². The molecule has 0 aromatic heterocycles. The number of aromatic carboxylic acids is 1. The smallest absolute Gasteiger partial charge is 0.335 e. The van der Waals surface area contributed by atoms with E-state index >= 15 is 0 Å². The number of carboxylic acid groups (broad SMARTS) is 2. The minimum Gasteiger partial charge on any atom is -0.481 e. The van der Waals surface area contributed by atoms with Crippen molar-refractivity contribution in [1.29, 1.82) is 0 Å². The number of nitrogens with one attached hydrogen (secondary N) is 1. The molecule has 1 rings (SSSR count). The summed E-state index contributed by atoms with van der Waals surface area (Å²) in [6.45, 7) is 0.0366. The van der Waals surface area contributed by atoms with Gasteiger partial charge in [0.05, 0.1) is 12.0 Å². The van der Waals surface area contributed by atoms with Gasteiger partial charge in [0.25, 0.3) is 5.91 Å². The summed E-state index contributed by atoms with van der Waals surface area (Å²) in [7, 11) is 0. The Hall–Kier alpha value is -2.37. The SMILES string of the molecule is O=C(O)CCNC(=O)c1ccc(C(=O)O)cc1. The van der Waals surface area contributed by atoms with Crippen molar-refractivity contribution < 1.29 is 24.6 Å². The maximum Gasteiger partial charge on any atom is 0.335 e. The molecular formula is C11H11NO5. The van der Waals surface area contributed by atoms with Crippen LogP contribution in [0.5, 0.6) is 0 Å². The minimum atomic E-state index is -1.07. The Kier molecular flexibility index (Phi) is 4.21. The second kappa shape index (κ2) is 5.64. The van der Waals surface area contributed by atoms with Crippen molar-refractivity contribution in [1.82, 2.24) is 5.32 Å². The standard InChI is InChI=1S/C11H11NO5/c13-9(14)5-6-12-10(15)7-1-3-8(4-2-7)11(16)17/h1-4H,5-6H2,(H,12,15)(H,13,14)(H,16,17). The van der Waals surface area contributed by atoms with Crippen LogP contribution < -0.4 is 5.32 Å². The molecule has 0 saturated carbocycles. The Morgan fingerprint density at radius 3 is 2.00 bits per heavy atom. The maximum absolute atomic E-state index is 11.5. The maximum atomic E-state index is 11.5. The fraction of sp³-hybridized carbons (Fsp3) is 0.182. The van der Waals surface area contributed by atoms with Gasteiger partial charge in [0.1, 0.15) is 0 Å². The molecule has 0 fully saturated rings. The summed E-state index contributed by atoms with van der Waals surface area (Å²) in [6.07, 6.45) is -0.154. The summed E-state index contributed by atoms with van der Waals surface area (Å²) in [5.41, 5.74) is 0.382. The molecule has 0 spiro atoms. The zero-order chi connectivity index (χ0) is 12.8. The van der Waals surface area contributed by atoms with Crippen molar-refractivity contribution in [2.45, 2.75) is 6.42 Å². The van der Waals surface area contributed by atoms with E-state index in [2.05, 4.69) is 5.32 Å². The van der Waals surface area contributed by atoms with E-state index in [1.165, 1.54) is 24.3 Å². The van der Waals surface area contributed by atoms with Crippen LogP contribution in [0.4, 0.5) is 0 Å². The molecule has 1 aromatic carbocycles. The van der Waals surface area contributed by atoms with Crippen molar-refractivity contribution in [2.24, 2.45) is 0 Å². The van der Waals surface area contributed by atoms with Crippen LogP contribution in [0.15, 0.2) is 24.3 Å². The predicted molar refractivity (Wildman–Crippen MR) is 58.0 cm³/mol. The van der Waals surface area contributed by atoms with Gasteiger partial charge >= 0.3 is 11.9 Å². The normalized spacial score (nSPS) is 9.65. The molecule has 1 amide bonds. The summed E-state index contributed by atoms with van der Waals surface area (Å²) < 4.78 is 0. The number of aliphatic carboxylic acids is 1. The number of benzene rings is 1. The molecular weight excluding hydrogens is 226 g/mol. The van der Waals surface area contributed by atoms with Gasteiger partial charge in [-0.2, -0.15) is 0 Å². The highest BCUT2D eigenvalue weighted by atomic mass is 16.4. The largest absolute Gasteiger partial charge is 0.481 e. The van der Waals surface area contributed by atoms with Gasteiger partial charge in [-0.15, -0.1) is 0 Å². The van der Waals surface area contributed by atoms with E-state index in [0.29, 0.717) is 5.56 Å². The number of amides is 1. The summed E-state index contributed by atoms with van der Waals surface area (Å²) in [6, 6.07) is 5.38. The first-order valence-corrected chi connectivity index (χ1v) is 4.84. The van der Waals surface area contributed by atoms with Crippen LogP contribution in [0.1, 0.15) is 27.1 Å². The van der Waals surface area contributed by atoms with E-state index in [4.69, 9.17) is 10.2 Å². The van der Waals surface area contributed by atoms with E-state index in [0.717, 1.165) is 0 Å². The van der Waals surface area contributed by atoms with Crippen LogP contribution in [-0.4, -0.2) is 34.6 Å². The van der Waals surface area contributed by atoms with Crippen LogP contribution >= 0.6 is 0 Å². The lowest BCUT2D eigenvalue weighted by Crippen LogP contribution is -2.25. The van der Waals surface area contributed by atoms with Crippen LogP contribution in [0.3, 0.4) is 0 Å². The van der Waals surface area contributed by atoms with Gasteiger partial charge in [-0.05, 0) is 24.3 Å². The van der Waals surface area contributed by atoms with Gasteiger partial charge < -0.3 is 15.5 Å². The first-order valence-electron chi connectivity index (χ1n) is 4.84. The zero-order valence-electron chi connectivity index (χ0n) is 8.84. The molecule has 0 aliphatic heterocycles. The Bertz CT molecular complexity index is 438. The zero-order valence-corrected chi connectivity index (χ0v) is 8.84. The van der Waals surface area contributed by atoms with Crippen LogP contribution in [-0.2, 0) is 4.79 Å². The van der Waals surface area contributed by atoms with E-state index in [1.807, 2.05) is 0 Å². The van der Waals surface area contributed by atoms with Crippen molar-refractivity contribution in [2.75, 3.05) is 6.54 Å². The van der Waals surface area contributed by atoms with Gasteiger partial charge in [-0.1, -0.05) is 0 Å². The quantitative estimate of drug-likeness (QED) is 0.695. The third-order valence-corrected chi connectivity index (χ3v) is 2.02. The van der Waals surface area contributed by atoms with Gasteiger partial charge in [0.2, 0.25) is 0 Å². The first kappa shape index (κ1) is 12.7. The topological polar surface area (TPSA) is 104 Å². The highest BCUT2D eigenvalue weighted by Gasteiger charge is 2.07. The summed E-state index contributed by atoms with van der Waals surface area (Å²) >= 11 is 0. The third kappa shape index (κ3) is 3.94. The number of carbonyl (C=O) groups excluding carboxylic acids is 1. The molecule has 1 aromatic rings. The molecule has 0 radical (unpaired) electrons. The molecule has 6 heteroatoms. The van der Waals surface area contributed by atoms with E-state index in [-0.39, 0.29) is 18.5 Å². The lowest BCUT2D eigenvalue weighted by molar-refractivity contribution is -0.136. The molecule has 0 aliphatic carbocycles. The second-order valence-corrected chi connectivity index (χ2v) is 3.28. The molecule has 0 atom stereocenters. The van der Waals surface area contributed by atoms with E-state index in [1.54, 1.807) is 0 Å². The average molecular weight is 237 g/mol. The van der Waals surface area contributed by atoms with E-state index in [9.17, 15) is 14.4 Å². The number of hydrogen-bond acceptors (Lipinski definition) is 3. The van der Waals surface area contributed by atoms with Gasteiger partial charge in [0, 0.05) is 12.1 Å². The molecule has 0 saturated heterocycles. The Labute approximate surface area is 96.9 Å². The minimum absolute atomic E-state index is 0.0366. The Morgan fingerprint density at radius 2 is 1.53 bits per heavy atom. The van der Waals surface area contributed by atoms with Gasteiger partial charge in [-0.25, -0.2) is 4.79 Å². The molecule has 0 aliphatic rings. The fourth-order valence-corrected chi connectivity index (χ4v) is 1.15. The van der Waals surface area contributed by atoms with E-state index < -0.39 is 17.8 Å². The second-order valence-electron chi connectivity index (χ2n) is 3.28. The number of rotatable bonds is 5. The van der Waals surface area contributed by atoms with Crippen molar-refractivity contribution in [3.05, 3.63) is 35.4 Å². The highest BCUT2D eigenvalue weighted by Crippen LogP contribution is 2.04. The monoisotopic (exact) mass is 237 g/mol. The summed E-state index contributed by atoms with van der Waals surface area (Å²) in [4.78, 5) is 32.2. The summed E-state index contributed by atoms with van der Waals surface area (Å²) in [5.74, 6) is -2.49. The van der Waals surface area contributed by atoms with Crippen LogP contribution in [0.25, 0.3) is 0 Å². The molecule has 0 bridgehead atoms. The first-order chi connectivity index (χ1) is 8.00. The average Bonchev–Trinajstić information content (AvgIpc) is 2.28. The number of hydrogen-bond donors (Lipinski definition) is 3. The highest BCUT2D eigenvalue weighted by molar-refractivity contribution is 5.95. The fourth-order valence-electron chi connectivity index (χ4n) is 1.15. The molecule has 3 N–H and O–H groups in total. The van der Waals surface area contributed by atoms with Gasteiger partial charge in [0.15, 0.2) is 0 Å². The molecule has 6 nitrogen and oxygen atoms in total. The third-order valence-electron chi connectivity index (χ3n) is 2.02. The Morgan fingerprint density at radius 1 is 1.00 bits per heavy atom. The lowest BCUT2D eigenvalue weighted by Gasteiger charge is -2.03.